The van der Waals surface area contributed by atoms with E-state index in [0.29, 0.717) is 5.56 Å². The zero-order chi connectivity index (χ0) is 7.56. The average molecular weight is 142 g/mol. The second-order valence-corrected chi connectivity index (χ2v) is 1.77. The van der Waals surface area contributed by atoms with Crippen molar-refractivity contribution >= 4 is 5.82 Å². The van der Waals surface area contributed by atoms with E-state index in [1.807, 2.05) is 0 Å². The summed E-state index contributed by atoms with van der Waals surface area (Å²) < 4.78 is 0. The van der Waals surface area contributed by atoms with Crippen molar-refractivity contribution < 1.29 is 10.0 Å². The zero-order valence-electron chi connectivity index (χ0n) is 5.07. The first-order chi connectivity index (χ1) is 4.75. The van der Waals surface area contributed by atoms with E-state index in [9.17, 15) is 10.1 Å². The molecule has 0 aliphatic rings. The Kier molecular flexibility index (Phi) is 1.68. The second-order valence-electron chi connectivity index (χ2n) is 1.77. The van der Waals surface area contributed by atoms with Crippen molar-refractivity contribution in [3.05, 3.63) is 27.9 Å². The van der Waals surface area contributed by atoms with Crippen molar-refractivity contribution in [2.45, 2.75) is 6.61 Å². The molecule has 0 saturated heterocycles. The molecule has 0 spiro atoms. The van der Waals surface area contributed by atoms with E-state index >= 15 is 0 Å². The van der Waals surface area contributed by atoms with Crippen LogP contribution in [0.5, 0.6) is 0 Å². The number of hydrogen-bond acceptors (Lipinski definition) is 3. The van der Waals surface area contributed by atoms with Gasteiger partial charge in [0.25, 0.3) is 0 Å². The van der Waals surface area contributed by atoms with Crippen LogP contribution in [0.3, 0.4) is 0 Å². The standard InChI is InChI=1S/C5H6N2O3/c8-3-4-1-2-6-5(4)7(9)10/h1-2,6,8H,3H2. The van der Waals surface area contributed by atoms with Gasteiger partial charge >= 0.3 is 5.82 Å². The molecule has 1 aromatic rings. The molecule has 0 atom stereocenters. The van der Waals surface area contributed by atoms with Crippen LogP contribution < -0.4 is 0 Å². The molecule has 0 bridgehead atoms. The SMILES string of the molecule is O=[N+]([O-])c1[nH]ccc1CO. The fourth-order valence-corrected chi connectivity index (χ4v) is 0.690. The minimum Gasteiger partial charge on any atom is -0.391 e. The molecule has 0 saturated carbocycles. The molecule has 54 valence electrons. The number of nitro groups is 1. The summed E-state index contributed by atoms with van der Waals surface area (Å²) in [6.45, 7) is -0.306. The van der Waals surface area contributed by atoms with Gasteiger partial charge in [0.1, 0.15) is 0 Å². The van der Waals surface area contributed by atoms with Crippen molar-refractivity contribution in [3.63, 3.8) is 0 Å². The zero-order valence-corrected chi connectivity index (χ0v) is 5.07. The summed E-state index contributed by atoms with van der Waals surface area (Å²) in [7, 11) is 0. The minimum atomic E-state index is -0.564. The Hall–Kier alpha value is -1.36. The molecule has 1 rings (SSSR count). The third kappa shape index (κ3) is 0.985. The molecular formula is C5H6N2O3. The summed E-state index contributed by atoms with van der Waals surface area (Å²) in [5.74, 6) is -0.137. The van der Waals surface area contributed by atoms with E-state index in [-0.39, 0.29) is 12.4 Å². The fraction of sp³-hybridized carbons (Fsp3) is 0.200. The Balaban J connectivity index is 3.01. The molecule has 5 heteroatoms. The lowest BCUT2D eigenvalue weighted by Gasteiger charge is -1.91. The highest BCUT2D eigenvalue weighted by Crippen LogP contribution is 2.14. The highest BCUT2D eigenvalue weighted by molar-refractivity contribution is 5.31. The van der Waals surface area contributed by atoms with Gasteiger partial charge in [-0.15, -0.1) is 0 Å². The molecule has 2 N–H and O–H groups in total. The number of nitrogens with one attached hydrogen (secondary N) is 1. The maximum atomic E-state index is 10.1. The van der Waals surface area contributed by atoms with E-state index in [2.05, 4.69) is 4.98 Å². The molecule has 0 radical (unpaired) electrons. The molecule has 0 unspecified atom stereocenters. The van der Waals surface area contributed by atoms with E-state index in [1.54, 1.807) is 0 Å². The molecule has 0 aliphatic heterocycles. The predicted molar refractivity (Wildman–Crippen MR) is 33.4 cm³/mol. The lowest BCUT2D eigenvalue weighted by molar-refractivity contribution is -0.390. The first-order valence-electron chi connectivity index (χ1n) is 2.67. The Morgan fingerprint density at radius 2 is 2.50 bits per heavy atom. The Morgan fingerprint density at radius 1 is 1.80 bits per heavy atom. The Bertz CT molecular complexity index is 243. The molecule has 0 amide bonds. The molecular weight excluding hydrogens is 136 g/mol. The first kappa shape index (κ1) is 6.76. The van der Waals surface area contributed by atoms with Gasteiger partial charge in [-0.1, -0.05) is 0 Å². The molecule has 10 heavy (non-hydrogen) atoms. The Morgan fingerprint density at radius 3 is 2.90 bits per heavy atom. The fourth-order valence-electron chi connectivity index (χ4n) is 0.690. The van der Waals surface area contributed by atoms with Gasteiger partial charge < -0.3 is 15.2 Å². The van der Waals surface area contributed by atoms with E-state index in [0.717, 1.165) is 0 Å². The van der Waals surface area contributed by atoms with Crippen molar-refractivity contribution in [2.24, 2.45) is 0 Å². The van der Waals surface area contributed by atoms with Gasteiger partial charge in [-0.05, 0) is 11.0 Å². The van der Waals surface area contributed by atoms with Crippen LogP contribution in [-0.4, -0.2) is 15.0 Å². The molecule has 1 heterocycles. The lowest BCUT2D eigenvalue weighted by atomic mass is 10.3. The smallest absolute Gasteiger partial charge is 0.326 e. The second kappa shape index (κ2) is 2.49. The van der Waals surface area contributed by atoms with Crippen molar-refractivity contribution in [1.29, 1.82) is 0 Å². The topological polar surface area (TPSA) is 79.2 Å². The van der Waals surface area contributed by atoms with Crippen molar-refractivity contribution in [1.82, 2.24) is 4.98 Å². The maximum absolute atomic E-state index is 10.1. The van der Waals surface area contributed by atoms with Crippen molar-refractivity contribution in [3.8, 4) is 0 Å². The minimum absolute atomic E-state index is 0.137. The number of aliphatic hydroxyl groups is 1. The van der Waals surface area contributed by atoms with Crippen LogP contribution in [0.1, 0.15) is 5.56 Å². The number of nitrogens with zero attached hydrogens (tertiary/aromatic N) is 1. The Labute approximate surface area is 56.5 Å². The summed E-state index contributed by atoms with van der Waals surface area (Å²) >= 11 is 0. The molecule has 0 fully saturated rings. The average Bonchev–Trinajstić information content (AvgIpc) is 2.33. The number of aliphatic hydroxyl groups excluding tert-OH is 1. The largest absolute Gasteiger partial charge is 0.391 e. The summed E-state index contributed by atoms with van der Waals surface area (Å²) in [5.41, 5.74) is 0.310. The van der Waals surface area contributed by atoms with E-state index < -0.39 is 4.92 Å². The van der Waals surface area contributed by atoms with E-state index in [4.69, 9.17) is 5.11 Å². The van der Waals surface area contributed by atoms with Gasteiger partial charge in [0.15, 0.2) is 0 Å². The molecule has 5 nitrogen and oxygen atoms in total. The highest BCUT2D eigenvalue weighted by Gasteiger charge is 2.10. The van der Waals surface area contributed by atoms with Crippen LogP contribution >= 0.6 is 0 Å². The van der Waals surface area contributed by atoms with Crippen LogP contribution in [0, 0.1) is 10.1 Å². The quantitative estimate of drug-likeness (QED) is 0.463. The lowest BCUT2D eigenvalue weighted by Crippen LogP contribution is -1.92. The summed E-state index contributed by atoms with van der Waals surface area (Å²) in [6, 6.07) is 1.47. The predicted octanol–water partition coefficient (Wildman–Crippen LogP) is 0.415. The molecule has 0 aromatic carbocycles. The first-order valence-corrected chi connectivity index (χ1v) is 2.67. The van der Waals surface area contributed by atoms with Crippen LogP contribution in [0.25, 0.3) is 0 Å². The number of rotatable bonds is 2. The van der Waals surface area contributed by atoms with Gasteiger partial charge in [0, 0.05) is 0 Å². The normalized spacial score (nSPS) is 9.70. The third-order valence-corrected chi connectivity index (χ3v) is 1.16. The number of H-pyrrole nitrogens is 1. The molecule has 0 aliphatic carbocycles. The van der Waals surface area contributed by atoms with Crippen LogP contribution in [0.2, 0.25) is 0 Å². The van der Waals surface area contributed by atoms with Gasteiger partial charge in [-0.2, -0.15) is 0 Å². The van der Waals surface area contributed by atoms with Crippen LogP contribution in [0.4, 0.5) is 5.82 Å². The van der Waals surface area contributed by atoms with Gasteiger partial charge in [-0.25, -0.2) is 4.98 Å². The monoisotopic (exact) mass is 142 g/mol. The van der Waals surface area contributed by atoms with Crippen LogP contribution in [-0.2, 0) is 6.61 Å². The maximum Gasteiger partial charge on any atom is 0.326 e. The number of aromatic amines is 1. The molecule has 1 aromatic heterocycles. The number of aromatic nitrogens is 1. The summed E-state index contributed by atoms with van der Waals surface area (Å²) in [5, 5.41) is 18.6. The van der Waals surface area contributed by atoms with Gasteiger partial charge in [0.05, 0.1) is 18.4 Å². The van der Waals surface area contributed by atoms with Gasteiger partial charge in [-0.3, -0.25) is 0 Å². The highest BCUT2D eigenvalue weighted by atomic mass is 16.6. The van der Waals surface area contributed by atoms with Crippen molar-refractivity contribution in [2.75, 3.05) is 0 Å². The van der Waals surface area contributed by atoms with E-state index in [1.165, 1.54) is 12.3 Å². The summed E-state index contributed by atoms with van der Waals surface area (Å²) in [6.07, 6.45) is 1.42. The number of hydrogen-bond donors (Lipinski definition) is 2. The summed E-state index contributed by atoms with van der Waals surface area (Å²) in [4.78, 5) is 11.9. The van der Waals surface area contributed by atoms with Gasteiger partial charge in [0.2, 0.25) is 0 Å². The van der Waals surface area contributed by atoms with Crippen LogP contribution in [0.15, 0.2) is 12.3 Å². The third-order valence-electron chi connectivity index (χ3n) is 1.16.